The van der Waals surface area contributed by atoms with Crippen molar-refractivity contribution in [2.45, 2.75) is 37.6 Å². The number of aromatic nitrogens is 3. The molecule has 0 radical (unpaired) electrons. The van der Waals surface area contributed by atoms with Gasteiger partial charge in [0.15, 0.2) is 5.82 Å². The average molecular weight is 265 g/mol. The van der Waals surface area contributed by atoms with Crippen LogP contribution >= 0.6 is 0 Å². The maximum Gasteiger partial charge on any atom is 0.315 e. The molecule has 0 spiro atoms. The van der Waals surface area contributed by atoms with Crippen molar-refractivity contribution in [2.24, 2.45) is 5.73 Å². The number of primary amides is 1. The smallest absolute Gasteiger partial charge is 0.315 e. The first kappa shape index (κ1) is 12.4. The molecule has 1 aromatic heterocycles. The van der Waals surface area contributed by atoms with Gasteiger partial charge < -0.3 is 15.4 Å². The number of amides is 2. The Morgan fingerprint density at radius 2 is 2.16 bits per heavy atom. The molecule has 0 aliphatic carbocycles. The summed E-state index contributed by atoms with van der Waals surface area (Å²) in [6.07, 6.45) is 3.77. The van der Waals surface area contributed by atoms with Gasteiger partial charge in [0.25, 0.3) is 0 Å². The van der Waals surface area contributed by atoms with Gasteiger partial charge in [-0.05, 0) is 25.7 Å². The first-order chi connectivity index (χ1) is 9.25. The zero-order chi connectivity index (χ0) is 13.2. The molecule has 7 nitrogen and oxygen atoms in total. The summed E-state index contributed by atoms with van der Waals surface area (Å²) in [6, 6.07) is -0.426. The first-order valence-electron chi connectivity index (χ1n) is 6.81. The molecule has 2 amide bonds. The third-order valence-electron chi connectivity index (χ3n) is 3.96. The van der Waals surface area contributed by atoms with Crippen molar-refractivity contribution in [2.75, 3.05) is 19.8 Å². The van der Waals surface area contributed by atoms with Crippen LogP contribution in [0.1, 0.15) is 49.3 Å². The van der Waals surface area contributed by atoms with Gasteiger partial charge in [0.2, 0.25) is 0 Å². The summed E-state index contributed by atoms with van der Waals surface area (Å²) >= 11 is 0. The van der Waals surface area contributed by atoms with E-state index in [1.807, 2.05) is 0 Å². The highest BCUT2D eigenvalue weighted by Crippen LogP contribution is 2.31. The van der Waals surface area contributed by atoms with Crippen molar-refractivity contribution >= 4 is 6.03 Å². The van der Waals surface area contributed by atoms with Crippen molar-refractivity contribution in [1.82, 2.24) is 20.1 Å². The van der Waals surface area contributed by atoms with Gasteiger partial charge in [-0.15, -0.1) is 0 Å². The van der Waals surface area contributed by atoms with E-state index in [0.717, 1.165) is 50.5 Å². The number of H-pyrrole nitrogens is 1. The van der Waals surface area contributed by atoms with E-state index in [0.29, 0.717) is 12.5 Å². The maximum atomic E-state index is 11.4. The van der Waals surface area contributed by atoms with Gasteiger partial charge in [0, 0.05) is 25.7 Å². The number of hydrogen-bond donors (Lipinski definition) is 2. The van der Waals surface area contributed by atoms with Crippen LogP contribution in [-0.2, 0) is 4.74 Å². The van der Waals surface area contributed by atoms with Gasteiger partial charge in [0.1, 0.15) is 5.82 Å². The van der Waals surface area contributed by atoms with Crippen molar-refractivity contribution < 1.29 is 9.53 Å². The van der Waals surface area contributed by atoms with Crippen molar-refractivity contribution in [3.05, 3.63) is 11.6 Å². The summed E-state index contributed by atoms with van der Waals surface area (Å²) in [4.78, 5) is 17.6. The molecule has 2 aliphatic rings. The number of likely N-dealkylation sites (tertiary alicyclic amines) is 1. The fourth-order valence-electron chi connectivity index (χ4n) is 2.89. The number of carbonyl (C=O) groups excluding carboxylic acids is 1. The van der Waals surface area contributed by atoms with E-state index in [2.05, 4.69) is 15.2 Å². The molecule has 1 aromatic rings. The highest BCUT2D eigenvalue weighted by molar-refractivity contribution is 5.72. The van der Waals surface area contributed by atoms with Crippen LogP contribution in [0.25, 0.3) is 0 Å². The van der Waals surface area contributed by atoms with Crippen LogP contribution in [0.2, 0.25) is 0 Å². The van der Waals surface area contributed by atoms with Crippen LogP contribution in [0.15, 0.2) is 0 Å². The molecule has 0 saturated carbocycles. The number of nitrogens with two attached hydrogens (primary N) is 1. The number of urea groups is 1. The van der Waals surface area contributed by atoms with E-state index in [-0.39, 0.29) is 12.1 Å². The van der Waals surface area contributed by atoms with Crippen LogP contribution in [-0.4, -0.2) is 45.9 Å². The Bertz CT molecular complexity index is 455. The van der Waals surface area contributed by atoms with E-state index in [1.165, 1.54) is 0 Å². The highest BCUT2D eigenvalue weighted by atomic mass is 16.5. The van der Waals surface area contributed by atoms with Gasteiger partial charge >= 0.3 is 6.03 Å². The molecule has 0 bridgehead atoms. The average Bonchev–Trinajstić information content (AvgIpc) is 3.08. The lowest BCUT2D eigenvalue weighted by Crippen LogP contribution is -2.35. The summed E-state index contributed by atoms with van der Waals surface area (Å²) in [7, 11) is 0. The molecule has 7 heteroatoms. The zero-order valence-corrected chi connectivity index (χ0v) is 10.8. The van der Waals surface area contributed by atoms with Gasteiger partial charge in [-0.3, -0.25) is 5.10 Å². The third-order valence-corrected chi connectivity index (χ3v) is 3.96. The number of rotatable bonds is 2. The monoisotopic (exact) mass is 265 g/mol. The third kappa shape index (κ3) is 2.42. The van der Waals surface area contributed by atoms with E-state index >= 15 is 0 Å². The van der Waals surface area contributed by atoms with Crippen LogP contribution in [0, 0.1) is 0 Å². The van der Waals surface area contributed by atoms with Crippen LogP contribution in [0.5, 0.6) is 0 Å². The standard InChI is InChI=1S/C12H19N5O2/c13-12(18)17-5-1-2-9(17)11-14-10(15-16-11)8-3-6-19-7-4-8/h8-9H,1-7H2,(H2,13,18)(H,14,15,16)/t9-/m0/s1. The Labute approximate surface area is 111 Å². The van der Waals surface area contributed by atoms with E-state index in [1.54, 1.807) is 4.90 Å². The lowest BCUT2D eigenvalue weighted by atomic mass is 10.00. The predicted octanol–water partition coefficient (Wildman–Crippen LogP) is 0.914. The Kier molecular flexibility index (Phi) is 3.37. The molecule has 2 fully saturated rings. The normalized spacial score (nSPS) is 24.8. The molecule has 2 saturated heterocycles. The molecule has 3 rings (SSSR count). The number of nitrogens with one attached hydrogen (secondary N) is 1. The molecule has 19 heavy (non-hydrogen) atoms. The fourth-order valence-corrected chi connectivity index (χ4v) is 2.89. The molecule has 3 N–H and O–H groups in total. The van der Waals surface area contributed by atoms with Crippen LogP contribution in [0.3, 0.4) is 0 Å². The SMILES string of the molecule is NC(=O)N1CCC[C@H]1c1nc(C2CCOCC2)n[nH]1. The molecular formula is C12H19N5O2. The Morgan fingerprint density at radius 3 is 2.89 bits per heavy atom. The van der Waals surface area contributed by atoms with E-state index < -0.39 is 0 Å². The van der Waals surface area contributed by atoms with E-state index in [4.69, 9.17) is 10.5 Å². The second kappa shape index (κ2) is 5.16. The summed E-state index contributed by atoms with van der Waals surface area (Å²) in [5, 5.41) is 7.29. The van der Waals surface area contributed by atoms with Crippen LogP contribution in [0.4, 0.5) is 4.79 Å². The number of hydrogen-bond acceptors (Lipinski definition) is 4. The molecule has 0 unspecified atom stereocenters. The zero-order valence-electron chi connectivity index (χ0n) is 10.8. The lowest BCUT2D eigenvalue weighted by Gasteiger charge is -2.20. The van der Waals surface area contributed by atoms with Gasteiger partial charge in [-0.2, -0.15) is 5.10 Å². The number of aromatic amines is 1. The van der Waals surface area contributed by atoms with Gasteiger partial charge in [-0.1, -0.05) is 0 Å². The minimum Gasteiger partial charge on any atom is -0.381 e. The fraction of sp³-hybridized carbons (Fsp3) is 0.750. The lowest BCUT2D eigenvalue weighted by molar-refractivity contribution is 0.0836. The molecule has 104 valence electrons. The quantitative estimate of drug-likeness (QED) is 0.830. The molecule has 3 heterocycles. The predicted molar refractivity (Wildman–Crippen MR) is 67.4 cm³/mol. The molecular weight excluding hydrogens is 246 g/mol. The number of carbonyl (C=O) groups is 1. The topological polar surface area (TPSA) is 97.1 Å². The summed E-state index contributed by atoms with van der Waals surface area (Å²) in [6.45, 7) is 2.24. The second-order valence-electron chi connectivity index (χ2n) is 5.16. The maximum absolute atomic E-state index is 11.4. The highest BCUT2D eigenvalue weighted by Gasteiger charge is 2.32. The Balaban J connectivity index is 1.75. The Hall–Kier alpha value is -1.63. The summed E-state index contributed by atoms with van der Waals surface area (Å²) in [5.74, 6) is 1.97. The van der Waals surface area contributed by atoms with Crippen molar-refractivity contribution in [3.63, 3.8) is 0 Å². The van der Waals surface area contributed by atoms with Crippen molar-refractivity contribution in [1.29, 1.82) is 0 Å². The molecule has 0 aromatic carbocycles. The second-order valence-corrected chi connectivity index (χ2v) is 5.16. The Morgan fingerprint density at radius 1 is 1.37 bits per heavy atom. The van der Waals surface area contributed by atoms with E-state index in [9.17, 15) is 4.79 Å². The first-order valence-corrected chi connectivity index (χ1v) is 6.81. The summed E-state index contributed by atoms with van der Waals surface area (Å²) in [5.41, 5.74) is 5.38. The van der Waals surface area contributed by atoms with Gasteiger partial charge in [0.05, 0.1) is 6.04 Å². The minimum absolute atomic E-state index is 0.0430. The van der Waals surface area contributed by atoms with Crippen molar-refractivity contribution in [3.8, 4) is 0 Å². The summed E-state index contributed by atoms with van der Waals surface area (Å²) < 4.78 is 5.34. The minimum atomic E-state index is -0.383. The van der Waals surface area contributed by atoms with Gasteiger partial charge in [-0.25, -0.2) is 9.78 Å². The van der Waals surface area contributed by atoms with Crippen LogP contribution < -0.4 is 5.73 Å². The molecule has 1 atom stereocenters. The number of ether oxygens (including phenoxy) is 1. The molecule has 2 aliphatic heterocycles. The number of nitrogens with zero attached hydrogens (tertiary/aromatic N) is 3. The largest absolute Gasteiger partial charge is 0.381 e.